The van der Waals surface area contributed by atoms with Gasteiger partial charge in [0.15, 0.2) is 11.6 Å². The number of carbonyl (C=O) groups is 2. The smallest absolute Gasteiger partial charge is 0.256 e. The van der Waals surface area contributed by atoms with Crippen molar-refractivity contribution in [3.05, 3.63) is 101 Å². The highest BCUT2D eigenvalue weighted by Crippen LogP contribution is 2.19. The van der Waals surface area contributed by atoms with Crippen LogP contribution in [0.2, 0.25) is 0 Å². The summed E-state index contributed by atoms with van der Waals surface area (Å²) in [6.45, 7) is 0. The molecule has 2 heterocycles. The van der Waals surface area contributed by atoms with Crippen LogP contribution in [0.1, 0.15) is 26.3 Å². The first-order valence-electron chi connectivity index (χ1n) is 8.63. The van der Waals surface area contributed by atoms with Crippen LogP contribution in [-0.2, 0) is 0 Å². The quantitative estimate of drug-likeness (QED) is 0.468. The molecule has 0 aliphatic carbocycles. The van der Waals surface area contributed by atoms with Crippen molar-refractivity contribution >= 4 is 33.3 Å². The molecule has 4 aromatic rings. The van der Waals surface area contributed by atoms with E-state index < -0.39 is 0 Å². The van der Waals surface area contributed by atoms with E-state index in [0.717, 1.165) is 4.47 Å². The third kappa shape index (κ3) is 4.12. The first-order chi connectivity index (χ1) is 14.1. The van der Waals surface area contributed by atoms with Gasteiger partial charge in [0.25, 0.3) is 5.91 Å². The van der Waals surface area contributed by atoms with Gasteiger partial charge in [-0.15, -0.1) is 0 Å². The van der Waals surface area contributed by atoms with Crippen LogP contribution < -0.4 is 5.32 Å². The molecule has 0 aliphatic heterocycles. The molecule has 0 aliphatic rings. The van der Waals surface area contributed by atoms with Gasteiger partial charge in [0.1, 0.15) is 12.7 Å². The van der Waals surface area contributed by atoms with E-state index in [4.69, 9.17) is 0 Å². The Labute approximate surface area is 174 Å². The molecule has 0 fully saturated rings. The van der Waals surface area contributed by atoms with Crippen molar-refractivity contribution in [1.29, 1.82) is 0 Å². The molecule has 0 spiro atoms. The second kappa shape index (κ2) is 8.15. The van der Waals surface area contributed by atoms with Gasteiger partial charge in [-0.2, -0.15) is 5.10 Å². The van der Waals surface area contributed by atoms with E-state index in [1.807, 2.05) is 0 Å². The zero-order chi connectivity index (χ0) is 20.2. The zero-order valence-corrected chi connectivity index (χ0v) is 16.6. The lowest BCUT2D eigenvalue weighted by Gasteiger charge is -2.10. The number of benzene rings is 2. The summed E-state index contributed by atoms with van der Waals surface area (Å²) in [4.78, 5) is 33.8. The number of anilines is 1. The largest absolute Gasteiger partial charge is 0.321 e. The van der Waals surface area contributed by atoms with Crippen molar-refractivity contribution in [3.8, 4) is 5.82 Å². The van der Waals surface area contributed by atoms with Crippen LogP contribution in [0.3, 0.4) is 0 Å². The molecule has 142 valence electrons. The predicted molar refractivity (Wildman–Crippen MR) is 111 cm³/mol. The number of amides is 1. The van der Waals surface area contributed by atoms with Crippen molar-refractivity contribution in [2.24, 2.45) is 0 Å². The molecule has 0 atom stereocenters. The number of pyridine rings is 1. The zero-order valence-electron chi connectivity index (χ0n) is 15.0. The Morgan fingerprint density at radius 3 is 2.34 bits per heavy atom. The molecule has 0 bridgehead atoms. The Morgan fingerprint density at radius 2 is 1.69 bits per heavy atom. The molecule has 1 N–H and O–H groups in total. The minimum atomic E-state index is -0.388. The molecule has 1 amide bonds. The van der Waals surface area contributed by atoms with Gasteiger partial charge in [-0.05, 0) is 42.5 Å². The number of ketones is 1. The number of aromatic nitrogens is 4. The lowest BCUT2D eigenvalue weighted by molar-refractivity contribution is 0.0996. The van der Waals surface area contributed by atoms with Gasteiger partial charge in [-0.25, -0.2) is 14.6 Å². The monoisotopic (exact) mass is 447 g/mol. The standard InChI is InChI=1S/C21H14BrN5O2/c22-15-7-5-14(6-8-15)20(28)17-3-1-2-4-18(17)21(29)26-16-9-10-19(24-11-16)27-13-23-12-25-27/h1-13H,(H,26,29). The predicted octanol–water partition coefficient (Wildman–Crippen LogP) is 3.91. The molecule has 0 saturated carbocycles. The Hall–Kier alpha value is -3.65. The summed E-state index contributed by atoms with van der Waals surface area (Å²) in [5, 5.41) is 6.79. The first kappa shape index (κ1) is 18.7. The van der Waals surface area contributed by atoms with Crippen molar-refractivity contribution in [2.75, 3.05) is 5.32 Å². The summed E-state index contributed by atoms with van der Waals surface area (Å²) in [6, 6.07) is 17.2. The number of carbonyl (C=O) groups excluding carboxylic acids is 2. The topological polar surface area (TPSA) is 89.8 Å². The van der Waals surface area contributed by atoms with Gasteiger partial charge >= 0.3 is 0 Å². The Bertz CT molecular complexity index is 1160. The number of nitrogens with one attached hydrogen (secondary N) is 1. The van der Waals surface area contributed by atoms with Crippen molar-refractivity contribution in [2.45, 2.75) is 0 Å². The summed E-state index contributed by atoms with van der Waals surface area (Å²) in [7, 11) is 0. The average molecular weight is 448 g/mol. The number of hydrogen-bond acceptors (Lipinski definition) is 5. The van der Waals surface area contributed by atoms with Crippen LogP contribution >= 0.6 is 15.9 Å². The minimum absolute atomic E-state index is 0.220. The summed E-state index contributed by atoms with van der Waals surface area (Å²) < 4.78 is 2.39. The van der Waals surface area contributed by atoms with E-state index in [2.05, 4.69) is 36.3 Å². The minimum Gasteiger partial charge on any atom is -0.321 e. The number of rotatable bonds is 5. The summed E-state index contributed by atoms with van der Waals surface area (Å²) in [5.41, 5.74) is 1.64. The van der Waals surface area contributed by atoms with E-state index in [1.165, 1.54) is 23.5 Å². The van der Waals surface area contributed by atoms with Gasteiger partial charge in [0.2, 0.25) is 0 Å². The van der Waals surface area contributed by atoms with Crippen LogP contribution in [0.4, 0.5) is 5.69 Å². The molecular weight excluding hydrogens is 434 g/mol. The van der Waals surface area contributed by atoms with Crippen molar-refractivity contribution in [3.63, 3.8) is 0 Å². The van der Waals surface area contributed by atoms with E-state index in [9.17, 15) is 9.59 Å². The highest BCUT2D eigenvalue weighted by atomic mass is 79.9. The molecule has 2 aromatic heterocycles. The second-order valence-electron chi connectivity index (χ2n) is 6.08. The Morgan fingerprint density at radius 1 is 0.931 bits per heavy atom. The fourth-order valence-corrected chi connectivity index (χ4v) is 3.02. The molecule has 7 nitrogen and oxygen atoms in total. The van der Waals surface area contributed by atoms with Gasteiger partial charge in [0.05, 0.1) is 17.4 Å². The molecule has 29 heavy (non-hydrogen) atoms. The summed E-state index contributed by atoms with van der Waals surface area (Å²) in [5.74, 6) is -0.0319. The molecule has 4 rings (SSSR count). The first-order valence-corrected chi connectivity index (χ1v) is 9.43. The number of nitrogens with zero attached hydrogens (tertiary/aromatic N) is 4. The molecule has 2 aromatic carbocycles. The highest BCUT2D eigenvalue weighted by molar-refractivity contribution is 9.10. The Kier molecular flexibility index (Phi) is 5.26. The SMILES string of the molecule is O=C(Nc1ccc(-n2cncn2)nc1)c1ccccc1C(=O)c1ccc(Br)cc1. The second-order valence-corrected chi connectivity index (χ2v) is 7.00. The number of hydrogen-bond donors (Lipinski definition) is 1. The third-order valence-electron chi connectivity index (χ3n) is 4.18. The van der Waals surface area contributed by atoms with E-state index in [-0.39, 0.29) is 11.7 Å². The van der Waals surface area contributed by atoms with Gasteiger partial charge in [-0.3, -0.25) is 9.59 Å². The van der Waals surface area contributed by atoms with Gasteiger partial charge in [0, 0.05) is 15.6 Å². The average Bonchev–Trinajstić information content (AvgIpc) is 3.29. The van der Waals surface area contributed by atoms with E-state index >= 15 is 0 Å². The van der Waals surface area contributed by atoms with Gasteiger partial charge < -0.3 is 5.32 Å². The van der Waals surface area contributed by atoms with Gasteiger partial charge in [-0.1, -0.05) is 34.1 Å². The van der Waals surface area contributed by atoms with Crippen LogP contribution in [0.5, 0.6) is 0 Å². The maximum absolute atomic E-state index is 12.9. The Balaban J connectivity index is 1.56. The summed E-state index contributed by atoms with van der Waals surface area (Å²) >= 11 is 3.35. The lowest BCUT2D eigenvalue weighted by atomic mass is 9.98. The van der Waals surface area contributed by atoms with E-state index in [1.54, 1.807) is 60.7 Å². The lowest BCUT2D eigenvalue weighted by Crippen LogP contribution is -2.17. The van der Waals surface area contributed by atoms with Crippen LogP contribution in [0.25, 0.3) is 5.82 Å². The summed E-state index contributed by atoms with van der Waals surface area (Å²) in [6.07, 6.45) is 4.47. The fraction of sp³-hybridized carbons (Fsp3) is 0. The van der Waals surface area contributed by atoms with Crippen LogP contribution in [0, 0.1) is 0 Å². The van der Waals surface area contributed by atoms with Crippen LogP contribution in [0.15, 0.2) is 84.0 Å². The molecule has 0 saturated heterocycles. The molecule has 0 unspecified atom stereocenters. The third-order valence-corrected chi connectivity index (χ3v) is 4.71. The molecule has 8 heteroatoms. The normalized spacial score (nSPS) is 10.5. The van der Waals surface area contributed by atoms with Crippen LogP contribution in [-0.4, -0.2) is 31.4 Å². The van der Waals surface area contributed by atoms with Crippen molar-refractivity contribution < 1.29 is 9.59 Å². The molecule has 0 radical (unpaired) electrons. The maximum Gasteiger partial charge on any atom is 0.256 e. The highest BCUT2D eigenvalue weighted by Gasteiger charge is 2.18. The van der Waals surface area contributed by atoms with Crippen molar-refractivity contribution in [1.82, 2.24) is 19.7 Å². The maximum atomic E-state index is 12.9. The fourth-order valence-electron chi connectivity index (χ4n) is 2.76. The van der Waals surface area contributed by atoms with E-state index in [0.29, 0.717) is 28.2 Å². The number of halogens is 1. The molecular formula is C21H14BrN5O2.